The van der Waals surface area contributed by atoms with Gasteiger partial charge in [-0.2, -0.15) is 0 Å². The van der Waals surface area contributed by atoms with Crippen molar-refractivity contribution in [1.29, 1.82) is 0 Å². The Balaban J connectivity index is 2.13. The van der Waals surface area contributed by atoms with E-state index in [4.69, 9.17) is 5.73 Å². The van der Waals surface area contributed by atoms with E-state index in [-0.39, 0.29) is 23.0 Å². The first-order valence-electron chi connectivity index (χ1n) is 5.39. The predicted molar refractivity (Wildman–Crippen MR) is 66.8 cm³/mol. The summed E-state index contributed by atoms with van der Waals surface area (Å²) in [5, 5.41) is 0. The minimum absolute atomic E-state index is 0.0513. The minimum atomic E-state index is -3.84. The second-order valence-electron chi connectivity index (χ2n) is 3.85. The molecule has 106 valence electrons. The van der Waals surface area contributed by atoms with E-state index in [9.17, 15) is 17.2 Å². The zero-order valence-corrected chi connectivity index (χ0v) is 10.9. The van der Waals surface area contributed by atoms with Crippen LogP contribution in [0.1, 0.15) is 5.56 Å². The summed E-state index contributed by atoms with van der Waals surface area (Å²) in [5.74, 6) is -2.09. The number of hydrogen-bond acceptors (Lipinski definition) is 5. The Morgan fingerprint density at radius 3 is 2.40 bits per heavy atom. The number of halogens is 2. The Hall–Kier alpha value is -2.13. The van der Waals surface area contributed by atoms with Crippen molar-refractivity contribution in [3.63, 3.8) is 0 Å². The van der Waals surface area contributed by atoms with E-state index < -0.39 is 21.7 Å². The summed E-state index contributed by atoms with van der Waals surface area (Å²) in [6.07, 6.45) is 2.10. The molecule has 3 N–H and O–H groups in total. The largest absolute Gasteiger partial charge is 0.368 e. The monoisotopic (exact) mass is 300 g/mol. The van der Waals surface area contributed by atoms with Crippen molar-refractivity contribution >= 4 is 16.0 Å². The Morgan fingerprint density at radius 2 is 1.80 bits per heavy atom. The molecule has 0 aliphatic rings. The van der Waals surface area contributed by atoms with Gasteiger partial charge >= 0.3 is 0 Å². The third-order valence-electron chi connectivity index (χ3n) is 2.41. The van der Waals surface area contributed by atoms with Crippen LogP contribution in [0.3, 0.4) is 0 Å². The Kier molecular flexibility index (Phi) is 3.91. The average molecular weight is 300 g/mol. The fourth-order valence-electron chi connectivity index (χ4n) is 1.38. The number of nitrogens with zero attached hydrogens (tertiary/aromatic N) is 2. The summed E-state index contributed by atoms with van der Waals surface area (Å²) in [6.45, 7) is -0.191. The number of nitrogens with one attached hydrogen (secondary N) is 1. The predicted octanol–water partition coefficient (Wildman–Crippen LogP) is 0.816. The van der Waals surface area contributed by atoms with E-state index in [0.29, 0.717) is 0 Å². The van der Waals surface area contributed by atoms with E-state index in [2.05, 4.69) is 14.7 Å². The molecule has 2 rings (SSSR count). The molecule has 9 heteroatoms. The summed E-state index contributed by atoms with van der Waals surface area (Å²) in [7, 11) is -3.84. The first kappa shape index (κ1) is 14.3. The van der Waals surface area contributed by atoms with E-state index in [1.807, 2.05) is 0 Å². The lowest BCUT2D eigenvalue weighted by atomic mass is 10.2. The highest BCUT2D eigenvalue weighted by atomic mass is 32.2. The van der Waals surface area contributed by atoms with Crippen LogP contribution in [0.5, 0.6) is 0 Å². The lowest BCUT2D eigenvalue weighted by Gasteiger charge is -2.06. The molecule has 0 saturated heterocycles. The van der Waals surface area contributed by atoms with E-state index in [0.717, 1.165) is 24.5 Å². The van der Waals surface area contributed by atoms with Gasteiger partial charge in [-0.25, -0.2) is 31.9 Å². The van der Waals surface area contributed by atoms with Crippen LogP contribution < -0.4 is 10.5 Å². The number of anilines is 1. The summed E-state index contributed by atoms with van der Waals surface area (Å²) in [5.41, 5.74) is 5.53. The van der Waals surface area contributed by atoms with Crippen LogP contribution in [0.15, 0.2) is 35.5 Å². The lowest BCUT2D eigenvalue weighted by Crippen LogP contribution is -2.23. The normalized spacial score (nSPS) is 11.5. The molecule has 20 heavy (non-hydrogen) atoms. The van der Waals surface area contributed by atoms with Crippen LogP contribution in [0.4, 0.5) is 14.7 Å². The fraction of sp³-hybridized carbons (Fsp3) is 0.0909. The molecule has 0 bridgehead atoms. The van der Waals surface area contributed by atoms with Crippen molar-refractivity contribution in [3.8, 4) is 0 Å². The molecule has 1 aromatic heterocycles. The topological polar surface area (TPSA) is 98.0 Å². The molecular weight excluding hydrogens is 290 g/mol. The van der Waals surface area contributed by atoms with Crippen LogP contribution in [-0.4, -0.2) is 18.4 Å². The van der Waals surface area contributed by atoms with Crippen LogP contribution in [0, 0.1) is 11.6 Å². The number of aromatic nitrogens is 2. The molecular formula is C11H10F2N4O2S. The number of benzene rings is 1. The number of sulfonamides is 1. The highest BCUT2D eigenvalue weighted by Gasteiger charge is 2.15. The van der Waals surface area contributed by atoms with Crippen molar-refractivity contribution in [2.45, 2.75) is 11.4 Å². The van der Waals surface area contributed by atoms with E-state index in [1.54, 1.807) is 0 Å². The minimum Gasteiger partial charge on any atom is -0.368 e. The zero-order chi connectivity index (χ0) is 14.8. The third kappa shape index (κ3) is 3.25. The fourth-order valence-corrected chi connectivity index (χ4v) is 2.28. The standard InChI is InChI=1S/C11H10F2N4O2S/c12-9-2-1-7(3-10(9)13)4-17-20(18,19)8-5-15-11(14)16-6-8/h1-3,5-6,17H,4H2,(H2,14,15,16). The van der Waals surface area contributed by atoms with Gasteiger partial charge in [-0.05, 0) is 17.7 Å². The van der Waals surface area contributed by atoms with Crippen molar-refractivity contribution < 1.29 is 17.2 Å². The second kappa shape index (κ2) is 5.47. The first-order valence-corrected chi connectivity index (χ1v) is 6.88. The van der Waals surface area contributed by atoms with Gasteiger partial charge in [-0.1, -0.05) is 6.07 Å². The van der Waals surface area contributed by atoms with Gasteiger partial charge in [-0.15, -0.1) is 0 Å². The van der Waals surface area contributed by atoms with Crippen molar-refractivity contribution in [1.82, 2.24) is 14.7 Å². The maximum Gasteiger partial charge on any atom is 0.243 e. The number of hydrogen-bond donors (Lipinski definition) is 2. The van der Waals surface area contributed by atoms with Gasteiger partial charge in [0, 0.05) is 6.54 Å². The van der Waals surface area contributed by atoms with E-state index in [1.165, 1.54) is 6.07 Å². The van der Waals surface area contributed by atoms with Gasteiger partial charge in [0.2, 0.25) is 16.0 Å². The van der Waals surface area contributed by atoms with Crippen molar-refractivity contribution in [3.05, 3.63) is 47.8 Å². The van der Waals surface area contributed by atoms with Gasteiger partial charge in [0.1, 0.15) is 4.90 Å². The zero-order valence-electron chi connectivity index (χ0n) is 10.0. The summed E-state index contributed by atoms with van der Waals surface area (Å²) >= 11 is 0. The molecule has 0 unspecified atom stereocenters. The maximum absolute atomic E-state index is 13.0. The van der Waals surface area contributed by atoms with E-state index >= 15 is 0 Å². The summed E-state index contributed by atoms with van der Waals surface area (Å²) in [4.78, 5) is 6.96. The Bertz CT molecular complexity index is 720. The molecule has 0 saturated carbocycles. The van der Waals surface area contributed by atoms with Gasteiger partial charge in [0.05, 0.1) is 12.4 Å². The molecule has 0 spiro atoms. The molecule has 0 atom stereocenters. The molecule has 2 aromatic rings. The van der Waals surface area contributed by atoms with Crippen LogP contribution >= 0.6 is 0 Å². The molecule has 1 aromatic carbocycles. The molecule has 0 fully saturated rings. The summed E-state index contributed by atoms with van der Waals surface area (Å²) < 4.78 is 51.7. The molecule has 0 aliphatic carbocycles. The molecule has 6 nitrogen and oxygen atoms in total. The highest BCUT2D eigenvalue weighted by Crippen LogP contribution is 2.11. The van der Waals surface area contributed by atoms with Crippen LogP contribution in [-0.2, 0) is 16.6 Å². The van der Waals surface area contributed by atoms with Gasteiger partial charge < -0.3 is 5.73 Å². The number of nitrogens with two attached hydrogens (primary N) is 1. The second-order valence-corrected chi connectivity index (χ2v) is 5.62. The Morgan fingerprint density at radius 1 is 1.15 bits per heavy atom. The third-order valence-corrected chi connectivity index (χ3v) is 3.76. The molecule has 1 heterocycles. The lowest BCUT2D eigenvalue weighted by molar-refractivity contribution is 0.506. The van der Waals surface area contributed by atoms with Gasteiger partial charge in [-0.3, -0.25) is 0 Å². The summed E-state index contributed by atoms with van der Waals surface area (Å²) in [6, 6.07) is 3.11. The Labute approximate surface area is 113 Å². The molecule has 0 aliphatic heterocycles. The van der Waals surface area contributed by atoms with Crippen LogP contribution in [0.25, 0.3) is 0 Å². The maximum atomic E-state index is 13.0. The SMILES string of the molecule is Nc1ncc(S(=O)(=O)NCc2ccc(F)c(F)c2)cn1. The number of rotatable bonds is 4. The highest BCUT2D eigenvalue weighted by molar-refractivity contribution is 7.89. The quantitative estimate of drug-likeness (QED) is 0.871. The van der Waals surface area contributed by atoms with Crippen molar-refractivity contribution in [2.75, 3.05) is 5.73 Å². The smallest absolute Gasteiger partial charge is 0.243 e. The van der Waals surface area contributed by atoms with Crippen LogP contribution in [0.2, 0.25) is 0 Å². The molecule has 0 amide bonds. The van der Waals surface area contributed by atoms with Gasteiger partial charge in [0.15, 0.2) is 11.6 Å². The van der Waals surface area contributed by atoms with Gasteiger partial charge in [0.25, 0.3) is 0 Å². The van der Waals surface area contributed by atoms with Crippen molar-refractivity contribution in [2.24, 2.45) is 0 Å². The molecule has 0 radical (unpaired) electrons. The first-order chi connectivity index (χ1) is 9.38. The number of nitrogen functional groups attached to an aromatic ring is 1. The average Bonchev–Trinajstić information content (AvgIpc) is 2.41.